The van der Waals surface area contributed by atoms with Gasteiger partial charge < -0.3 is 15.1 Å². The van der Waals surface area contributed by atoms with Gasteiger partial charge in [-0.15, -0.1) is 0 Å². The molecule has 7 nitrogen and oxygen atoms in total. The summed E-state index contributed by atoms with van der Waals surface area (Å²) in [5.41, 5.74) is 2.16. The maximum Gasteiger partial charge on any atom is 0.317 e. The van der Waals surface area contributed by atoms with E-state index in [0.29, 0.717) is 31.5 Å². The van der Waals surface area contributed by atoms with Gasteiger partial charge in [0.05, 0.1) is 11.5 Å². The largest absolute Gasteiger partial charge is 0.337 e. The normalized spacial score (nSPS) is 24.3. The van der Waals surface area contributed by atoms with Crippen LogP contribution in [-0.4, -0.2) is 69.9 Å². The minimum Gasteiger partial charge on any atom is -0.337 e. The summed E-state index contributed by atoms with van der Waals surface area (Å²) in [4.78, 5) is 36.9. The monoisotopic (exact) mass is 447 g/mol. The third kappa shape index (κ3) is 4.10. The number of aromatic nitrogens is 1. The van der Waals surface area contributed by atoms with Crippen LogP contribution in [0, 0.1) is 11.8 Å². The van der Waals surface area contributed by atoms with E-state index in [0.717, 1.165) is 44.6 Å². The van der Waals surface area contributed by atoms with Gasteiger partial charge in [0.15, 0.2) is 0 Å². The highest BCUT2D eigenvalue weighted by atomic mass is 16.2. The number of urea groups is 1. The van der Waals surface area contributed by atoms with E-state index < -0.39 is 0 Å². The van der Waals surface area contributed by atoms with Crippen LogP contribution in [0.1, 0.15) is 30.9 Å². The lowest BCUT2D eigenvalue weighted by Crippen LogP contribution is -2.58. The average molecular weight is 448 g/mol. The maximum absolute atomic E-state index is 13.4. The topological polar surface area (TPSA) is 68.8 Å². The number of hydrogen-bond acceptors (Lipinski definition) is 4. The molecule has 2 atom stereocenters. The van der Waals surface area contributed by atoms with Gasteiger partial charge in [0, 0.05) is 64.1 Å². The van der Waals surface area contributed by atoms with E-state index in [4.69, 9.17) is 0 Å². The molecule has 0 unspecified atom stereocenters. The first-order chi connectivity index (χ1) is 16.1. The number of likely N-dealkylation sites (tertiary alicyclic amines) is 3. The number of benzene rings is 1. The first kappa shape index (κ1) is 21.9. The molecule has 0 aliphatic carbocycles. The molecule has 0 bridgehead atoms. The van der Waals surface area contributed by atoms with Gasteiger partial charge in [-0.3, -0.25) is 14.7 Å². The first-order valence-electron chi connectivity index (χ1n) is 12.1. The van der Waals surface area contributed by atoms with Gasteiger partial charge in [-0.1, -0.05) is 36.4 Å². The Morgan fingerprint density at radius 2 is 1.85 bits per heavy atom. The van der Waals surface area contributed by atoms with Crippen molar-refractivity contribution in [3.05, 3.63) is 66.0 Å². The van der Waals surface area contributed by atoms with Crippen molar-refractivity contribution in [2.75, 3.05) is 32.7 Å². The fraction of sp³-hybridized carbons (Fsp3) is 0.500. The van der Waals surface area contributed by atoms with E-state index in [2.05, 4.69) is 33.1 Å². The van der Waals surface area contributed by atoms with Crippen molar-refractivity contribution in [2.24, 2.45) is 11.8 Å². The van der Waals surface area contributed by atoms with Crippen LogP contribution in [0.4, 0.5) is 4.79 Å². The molecule has 1 N–H and O–H groups in total. The molecular formula is C26H33N5O2. The van der Waals surface area contributed by atoms with Gasteiger partial charge in [0.25, 0.3) is 0 Å². The fourth-order valence-electron chi connectivity index (χ4n) is 6.27. The summed E-state index contributed by atoms with van der Waals surface area (Å²) < 4.78 is 0. The van der Waals surface area contributed by atoms with Crippen LogP contribution in [0.5, 0.6) is 0 Å². The molecule has 3 amide bonds. The summed E-state index contributed by atoms with van der Waals surface area (Å²) in [7, 11) is 0. The molecule has 3 aliphatic heterocycles. The second-order valence-corrected chi connectivity index (χ2v) is 9.59. The van der Waals surface area contributed by atoms with Crippen LogP contribution in [0.15, 0.2) is 54.9 Å². The van der Waals surface area contributed by atoms with Crippen LogP contribution in [-0.2, 0) is 17.9 Å². The number of amides is 3. The summed E-state index contributed by atoms with van der Waals surface area (Å²) in [6, 6.07) is 14.0. The van der Waals surface area contributed by atoms with Gasteiger partial charge in [0.1, 0.15) is 0 Å². The van der Waals surface area contributed by atoms with Crippen molar-refractivity contribution in [2.45, 2.75) is 38.4 Å². The first-order valence-corrected chi connectivity index (χ1v) is 12.1. The van der Waals surface area contributed by atoms with Gasteiger partial charge in [0.2, 0.25) is 5.91 Å². The Balaban J connectivity index is 1.24. The molecule has 1 aromatic carbocycles. The van der Waals surface area contributed by atoms with E-state index >= 15 is 0 Å². The number of nitrogens with zero attached hydrogens (tertiary/aromatic N) is 4. The molecule has 33 heavy (non-hydrogen) atoms. The van der Waals surface area contributed by atoms with Crippen molar-refractivity contribution in [1.29, 1.82) is 0 Å². The van der Waals surface area contributed by atoms with Crippen LogP contribution in [0.3, 0.4) is 0 Å². The summed E-state index contributed by atoms with van der Waals surface area (Å²) in [5, 5.41) is 3.05. The van der Waals surface area contributed by atoms with Crippen molar-refractivity contribution >= 4 is 11.9 Å². The van der Waals surface area contributed by atoms with Crippen molar-refractivity contribution < 1.29 is 9.59 Å². The number of hydrogen-bond donors (Lipinski definition) is 1. The lowest BCUT2D eigenvalue weighted by molar-refractivity contribution is -0.135. The highest BCUT2D eigenvalue weighted by Gasteiger charge is 2.61. The van der Waals surface area contributed by atoms with Crippen LogP contribution in [0.2, 0.25) is 0 Å². The Morgan fingerprint density at radius 3 is 2.55 bits per heavy atom. The smallest absolute Gasteiger partial charge is 0.317 e. The molecule has 1 spiro atoms. The highest BCUT2D eigenvalue weighted by Crippen LogP contribution is 2.49. The predicted molar refractivity (Wildman–Crippen MR) is 126 cm³/mol. The molecule has 3 aliphatic rings. The Morgan fingerprint density at radius 1 is 1.09 bits per heavy atom. The number of nitrogens with one attached hydrogen (secondary N) is 1. The molecule has 4 heterocycles. The second-order valence-electron chi connectivity index (χ2n) is 9.59. The molecule has 2 aromatic rings. The Bertz CT molecular complexity index is 975. The van der Waals surface area contributed by atoms with Crippen molar-refractivity contribution in [3.8, 4) is 0 Å². The summed E-state index contributed by atoms with van der Waals surface area (Å²) in [6.45, 7) is 7.34. The molecular weight excluding hydrogens is 414 g/mol. The minimum absolute atomic E-state index is 0.0118. The van der Waals surface area contributed by atoms with Gasteiger partial charge >= 0.3 is 6.03 Å². The lowest BCUT2D eigenvalue weighted by atomic mass is 9.75. The standard InChI is InChI=1S/C26H33N5O2/c1-2-31-24(32)22-18-29(17-21-9-6-12-27-15-21)19-23(22)26(31)10-13-30(14-11-26)25(33)28-16-20-7-4-3-5-8-20/h3-9,12,15,22-23H,2,10-11,13-14,16-19H2,1H3,(H,28,33)/t22-,23+/m0/s1. The number of carbonyl (C=O) groups excluding carboxylic acids is 2. The van der Waals surface area contributed by atoms with Crippen LogP contribution >= 0.6 is 0 Å². The SMILES string of the molecule is CCN1C(=O)[C@H]2CN(Cc3cccnc3)C[C@H]2C12CCN(C(=O)NCc1ccccc1)CC2. The molecule has 7 heteroatoms. The molecule has 0 saturated carbocycles. The third-order valence-electron chi connectivity index (χ3n) is 7.85. The molecule has 0 radical (unpaired) electrons. The second kappa shape index (κ2) is 9.14. The van der Waals surface area contributed by atoms with Gasteiger partial charge in [-0.05, 0) is 37.0 Å². The number of pyridine rings is 1. The molecule has 174 valence electrons. The highest BCUT2D eigenvalue weighted by molar-refractivity contribution is 5.84. The Kier molecular flexibility index (Phi) is 6.06. The zero-order chi connectivity index (χ0) is 22.8. The fourth-order valence-corrected chi connectivity index (χ4v) is 6.27. The quantitative estimate of drug-likeness (QED) is 0.765. The Hall–Kier alpha value is -2.93. The lowest BCUT2D eigenvalue weighted by Gasteiger charge is -2.47. The third-order valence-corrected chi connectivity index (χ3v) is 7.85. The average Bonchev–Trinajstić information content (AvgIpc) is 3.36. The van der Waals surface area contributed by atoms with E-state index in [1.807, 2.05) is 47.5 Å². The maximum atomic E-state index is 13.4. The number of carbonyl (C=O) groups is 2. The summed E-state index contributed by atoms with van der Waals surface area (Å²) in [5.74, 6) is 0.703. The van der Waals surface area contributed by atoms with Crippen LogP contribution < -0.4 is 5.32 Å². The Labute approximate surface area is 195 Å². The van der Waals surface area contributed by atoms with Crippen molar-refractivity contribution in [3.63, 3.8) is 0 Å². The summed E-state index contributed by atoms with van der Waals surface area (Å²) >= 11 is 0. The van der Waals surface area contributed by atoms with E-state index in [1.54, 1.807) is 6.20 Å². The molecule has 5 rings (SSSR count). The zero-order valence-electron chi connectivity index (χ0n) is 19.3. The van der Waals surface area contributed by atoms with Crippen molar-refractivity contribution in [1.82, 2.24) is 25.0 Å². The molecule has 1 aromatic heterocycles. The zero-order valence-corrected chi connectivity index (χ0v) is 19.3. The van der Waals surface area contributed by atoms with E-state index in [9.17, 15) is 9.59 Å². The van der Waals surface area contributed by atoms with Gasteiger partial charge in [-0.2, -0.15) is 0 Å². The number of rotatable bonds is 5. The van der Waals surface area contributed by atoms with E-state index in [1.165, 1.54) is 5.56 Å². The summed E-state index contributed by atoms with van der Waals surface area (Å²) in [6.07, 6.45) is 5.42. The molecule has 3 fully saturated rings. The number of fused-ring (bicyclic) bond motifs is 2. The minimum atomic E-state index is -0.129. The molecule has 3 saturated heterocycles. The van der Waals surface area contributed by atoms with E-state index in [-0.39, 0.29) is 17.5 Å². The van der Waals surface area contributed by atoms with Gasteiger partial charge in [-0.25, -0.2) is 4.79 Å². The predicted octanol–water partition coefficient (Wildman–Crippen LogP) is 2.74. The number of piperidine rings is 1. The van der Waals surface area contributed by atoms with Crippen LogP contribution in [0.25, 0.3) is 0 Å².